The Labute approximate surface area is 176 Å². The fraction of sp³-hybridized carbons (Fsp3) is 0.286. The van der Waals surface area contributed by atoms with E-state index in [1.54, 1.807) is 10.6 Å². The number of fused-ring (bicyclic) bond motifs is 1. The van der Waals surface area contributed by atoms with E-state index in [2.05, 4.69) is 26.2 Å². The predicted octanol–water partition coefficient (Wildman–Crippen LogP) is 4.92. The minimum Gasteiger partial charge on any atom is -0.325 e. The van der Waals surface area contributed by atoms with Crippen molar-refractivity contribution in [2.75, 3.05) is 5.32 Å². The van der Waals surface area contributed by atoms with Crippen LogP contribution in [0.25, 0.3) is 10.9 Å². The number of carbonyl (C=O) groups is 1. The molecule has 0 radical (unpaired) electrons. The Morgan fingerprint density at radius 2 is 2.00 bits per heavy atom. The maximum atomic E-state index is 12.8. The Bertz CT molecular complexity index is 1110. The fourth-order valence-electron chi connectivity index (χ4n) is 2.86. The highest BCUT2D eigenvalue weighted by atomic mass is 79.9. The molecule has 1 N–H and O–H groups in total. The minimum absolute atomic E-state index is 0.0987. The van der Waals surface area contributed by atoms with E-state index >= 15 is 0 Å². The lowest BCUT2D eigenvalue weighted by Gasteiger charge is -2.16. The number of nitrogens with one attached hydrogen (secondary N) is 1. The van der Waals surface area contributed by atoms with E-state index in [9.17, 15) is 9.59 Å². The molecule has 0 aliphatic heterocycles. The summed E-state index contributed by atoms with van der Waals surface area (Å²) in [6.45, 7) is 8.16. The molecule has 7 heteroatoms. The zero-order valence-corrected chi connectivity index (χ0v) is 18.6. The highest BCUT2D eigenvalue weighted by Crippen LogP contribution is 2.25. The first-order valence-electron chi connectivity index (χ1n) is 9.05. The number of benzene rings is 2. The van der Waals surface area contributed by atoms with Crippen LogP contribution in [0.1, 0.15) is 25.0 Å². The molecule has 3 aromatic rings. The van der Waals surface area contributed by atoms with Gasteiger partial charge in [-0.25, -0.2) is 4.98 Å². The summed E-state index contributed by atoms with van der Waals surface area (Å²) in [5.41, 5.74) is 3.43. The summed E-state index contributed by atoms with van der Waals surface area (Å²) in [4.78, 5) is 30.2. The molecule has 0 bridgehead atoms. The number of carbonyl (C=O) groups excluding carboxylic acids is 1. The standard InChI is InChI=1S/C21H22BrN3O2S/c1-5-25-20(27)16-11-15(22)8-9-17(16)24-21(25)28-14(4)19(26)23-18-10-12(2)6-7-13(18)3/h6-11,14H,5H2,1-4H3,(H,23,26). The lowest BCUT2D eigenvalue weighted by molar-refractivity contribution is -0.115. The van der Waals surface area contributed by atoms with E-state index in [1.165, 1.54) is 11.8 Å². The molecular formula is C21H22BrN3O2S. The lowest BCUT2D eigenvalue weighted by Crippen LogP contribution is -2.26. The van der Waals surface area contributed by atoms with Gasteiger partial charge in [0.25, 0.3) is 5.56 Å². The molecule has 1 heterocycles. The van der Waals surface area contributed by atoms with Gasteiger partial charge in [0.2, 0.25) is 5.91 Å². The smallest absolute Gasteiger partial charge is 0.262 e. The third kappa shape index (κ3) is 4.31. The monoisotopic (exact) mass is 459 g/mol. The lowest BCUT2D eigenvalue weighted by atomic mass is 10.1. The Kier molecular flexibility index (Phi) is 6.25. The molecule has 2 aromatic carbocycles. The highest BCUT2D eigenvalue weighted by molar-refractivity contribution is 9.10. The van der Waals surface area contributed by atoms with Crippen molar-refractivity contribution < 1.29 is 4.79 Å². The van der Waals surface area contributed by atoms with Crippen molar-refractivity contribution in [3.05, 3.63) is 62.4 Å². The first-order chi connectivity index (χ1) is 13.3. The Hall–Kier alpha value is -2.12. The van der Waals surface area contributed by atoms with Crippen LogP contribution in [-0.2, 0) is 11.3 Å². The van der Waals surface area contributed by atoms with Gasteiger partial charge in [-0.1, -0.05) is 39.8 Å². The van der Waals surface area contributed by atoms with Crippen molar-refractivity contribution in [1.29, 1.82) is 0 Å². The van der Waals surface area contributed by atoms with Crippen molar-refractivity contribution in [3.63, 3.8) is 0 Å². The van der Waals surface area contributed by atoms with Crippen LogP contribution >= 0.6 is 27.7 Å². The number of anilines is 1. The summed E-state index contributed by atoms with van der Waals surface area (Å²) in [6, 6.07) is 11.4. The van der Waals surface area contributed by atoms with Crippen molar-refractivity contribution in [2.45, 2.75) is 44.6 Å². The average Bonchev–Trinajstić information content (AvgIpc) is 2.65. The summed E-state index contributed by atoms with van der Waals surface area (Å²) in [5, 5.41) is 3.69. The second-order valence-corrected chi connectivity index (χ2v) is 8.90. The van der Waals surface area contributed by atoms with Crippen LogP contribution in [0.2, 0.25) is 0 Å². The van der Waals surface area contributed by atoms with Crippen molar-refractivity contribution in [1.82, 2.24) is 9.55 Å². The Morgan fingerprint density at radius 1 is 1.25 bits per heavy atom. The first-order valence-corrected chi connectivity index (χ1v) is 10.7. The van der Waals surface area contributed by atoms with E-state index in [1.807, 2.05) is 58.0 Å². The molecule has 1 aromatic heterocycles. The molecule has 1 atom stereocenters. The van der Waals surface area contributed by atoms with Gasteiger partial charge < -0.3 is 5.32 Å². The molecule has 28 heavy (non-hydrogen) atoms. The number of aryl methyl sites for hydroxylation is 2. The molecule has 5 nitrogen and oxygen atoms in total. The van der Waals surface area contributed by atoms with E-state index < -0.39 is 5.25 Å². The molecule has 146 valence electrons. The largest absolute Gasteiger partial charge is 0.325 e. The molecule has 0 aliphatic rings. The second kappa shape index (κ2) is 8.49. The third-order valence-electron chi connectivity index (χ3n) is 4.50. The van der Waals surface area contributed by atoms with Gasteiger partial charge in [-0.2, -0.15) is 0 Å². The SMILES string of the molecule is CCn1c(SC(C)C(=O)Nc2cc(C)ccc2C)nc2ccc(Br)cc2c1=O. The van der Waals surface area contributed by atoms with Crippen LogP contribution in [0.15, 0.2) is 50.8 Å². The highest BCUT2D eigenvalue weighted by Gasteiger charge is 2.20. The van der Waals surface area contributed by atoms with Gasteiger partial charge in [-0.15, -0.1) is 0 Å². The summed E-state index contributed by atoms with van der Waals surface area (Å²) < 4.78 is 2.45. The molecule has 0 spiro atoms. The van der Waals surface area contributed by atoms with Gasteiger partial charge in [-0.05, 0) is 63.1 Å². The van der Waals surface area contributed by atoms with E-state index in [-0.39, 0.29) is 11.5 Å². The Morgan fingerprint density at radius 3 is 2.71 bits per heavy atom. The van der Waals surface area contributed by atoms with E-state index in [0.29, 0.717) is 22.6 Å². The number of nitrogens with zero attached hydrogens (tertiary/aromatic N) is 2. The number of hydrogen-bond donors (Lipinski definition) is 1. The topological polar surface area (TPSA) is 64.0 Å². The second-order valence-electron chi connectivity index (χ2n) is 6.67. The van der Waals surface area contributed by atoms with Crippen LogP contribution < -0.4 is 10.9 Å². The summed E-state index contributed by atoms with van der Waals surface area (Å²) in [7, 11) is 0. The normalized spacial score (nSPS) is 12.2. The summed E-state index contributed by atoms with van der Waals surface area (Å²) >= 11 is 4.69. The summed E-state index contributed by atoms with van der Waals surface area (Å²) in [6.07, 6.45) is 0. The van der Waals surface area contributed by atoms with Crippen LogP contribution in [0, 0.1) is 13.8 Å². The molecule has 0 saturated carbocycles. The van der Waals surface area contributed by atoms with Gasteiger partial charge >= 0.3 is 0 Å². The quantitative estimate of drug-likeness (QED) is 0.434. The first kappa shape index (κ1) is 20.6. The number of aromatic nitrogens is 2. The third-order valence-corrected chi connectivity index (χ3v) is 6.08. The fourth-order valence-corrected chi connectivity index (χ4v) is 4.19. The van der Waals surface area contributed by atoms with Gasteiger partial charge in [0, 0.05) is 16.7 Å². The van der Waals surface area contributed by atoms with Crippen LogP contribution in [-0.4, -0.2) is 20.7 Å². The van der Waals surface area contributed by atoms with Crippen LogP contribution in [0.3, 0.4) is 0 Å². The van der Waals surface area contributed by atoms with Gasteiger partial charge in [-0.3, -0.25) is 14.2 Å². The number of rotatable bonds is 5. The van der Waals surface area contributed by atoms with Gasteiger partial charge in [0.1, 0.15) is 0 Å². The van der Waals surface area contributed by atoms with Crippen LogP contribution in [0.4, 0.5) is 5.69 Å². The molecule has 0 fully saturated rings. The molecule has 1 unspecified atom stereocenters. The molecule has 0 saturated heterocycles. The molecule has 3 rings (SSSR count). The number of thioether (sulfide) groups is 1. The molecular weight excluding hydrogens is 438 g/mol. The van der Waals surface area contributed by atoms with Crippen molar-refractivity contribution in [2.24, 2.45) is 0 Å². The Balaban J connectivity index is 1.89. The molecule has 0 aliphatic carbocycles. The van der Waals surface area contributed by atoms with Crippen LogP contribution in [0.5, 0.6) is 0 Å². The van der Waals surface area contributed by atoms with E-state index in [0.717, 1.165) is 21.3 Å². The maximum absolute atomic E-state index is 12.8. The number of hydrogen-bond acceptors (Lipinski definition) is 4. The number of amides is 1. The predicted molar refractivity (Wildman–Crippen MR) is 119 cm³/mol. The zero-order valence-electron chi connectivity index (χ0n) is 16.2. The summed E-state index contributed by atoms with van der Waals surface area (Å²) in [5.74, 6) is -0.119. The maximum Gasteiger partial charge on any atom is 0.262 e. The van der Waals surface area contributed by atoms with Crippen molar-refractivity contribution in [3.8, 4) is 0 Å². The molecule has 1 amide bonds. The van der Waals surface area contributed by atoms with Gasteiger partial charge in [0.15, 0.2) is 5.16 Å². The minimum atomic E-state index is -0.405. The van der Waals surface area contributed by atoms with Gasteiger partial charge in [0.05, 0.1) is 16.2 Å². The van der Waals surface area contributed by atoms with E-state index in [4.69, 9.17) is 0 Å². The average molecular weight is 460 g/mol. The van der Waals surface area contributed by atoms with Crippen molar-refractivity contribution >= 4 is 50.2 Å². The zero-order chi connectivity index (χ0) is 20.4. The number of halogens is 1.